The van der Waals surface area contributed by atoms with Gasteiger partial charge in [-0.2, -0.15) is 0 Å². The molecule has 160 valence electrons. The molecule has 0 aliphatic carbocycles. The molecule has 0 radical (unpaired) electrons. The highest BCUT2D eigenvalue weighted by Gasteiger charge is 2.43. The molecule has 2 aromatic rings. The van der Waals surface area contributed by atoms with Crippen LogP contribution in [-0.2, 0) is 4.79 Å². The van der Waals surface area contributed by atoms with Crippen molar-refractivity contribution >= 4 is 11.8 Å². The molecule has 1 fully saturated rings. The first-order valence-electron chi connectivity index (χ1n) is 9.91. The summed E-state index contributed by atoms with van der Waals surface area (Å²) in [5.41, 5.74) is 0.800. The van der Waals surface area contributed by atoms with Crippen LogP contribution in [-0.4, -0.2) is 62.5 Å². The van der Waals surface area contributed by atoms with Gasteiger partial charge in [0.05, 0.1) is 25.7 Å². The van der Waals surface area contributed by atoms with Crippen molar-refractivity contribution in [3.63, 3.8) is 0 Å². The van der Waals surface area contributed by atoms with Gasteiger partial charge in [0.15, 0.2) is 0 Å². The summed E-state index contributed by atoms with van der Waals surface area (Å²) in [6.07, 6.45) is 0. The Hall–Kier alpha value is -3.09. The lowest BCUT2D eigenvalue weighted by Gasteiger charge is -2.24. The van der Waals surface area contributed by atoms with Crippen molar-refractivity contribution in [3.05, 3.63) is 59.4 Å². The number of halogens is 1. The van der Waals surface area contributed by atoms with Crippen LogP contribution in [0.1, 0.15) is 28.8 Å². The molecule has 1 heterocycles. The second-order valence-corrected chi connectivity index (χ2v) is 7.36. The fourth-order valence-electron chi connectivity index (χ4n) is 3.91. The van der Waals surface area contributed by atoms with Crippen molar-refractivity contribution < 1.29 is 23.5 Å². The lowest BCUT2D eigenvalue weighted by atomic mass is 9.87. The fourth-order valence-corrected chi connectivity index (χ4v) is 3.91. The van der Waals surface area contributed by atoms with E-state index in [0.29, 0.717) is 18.0 Å². The molecule has 2 unspecified atom stereocenters. The number of methoxy groups -OCH3 is 2. The molecule has 2 aromatic carbocycles. The number of hydrogen-bond donors (Lipinski definition) is 0. The van der Waals surface area contributed by atoms with Gasteiger partial charge in [0.1, 0.15) is 17.3 Å². The molecule has 6 nitrogen and oxygen atoms in total. The first-order valence-corrected chi connectivity index (χ1v) is 9.91. The highest BCUT2D eigenvalue weighted by atomic mass is 19.1. The van der Waals surface area contributed by atoms with Gasteiger partial charge in [0.2, 0.25) is 5.91 Å². The third-order valence-electron chi connectivity index (χ3n) is 5.72. The molecule has 30 heavy (non-hydrogen) atoms. The molecule has 1 aliphatic rings. The third kappa shape index (κ3) is 4.10. The van der Waals surface area contributed by atoms with Crippen molar-refractivity contribution in [3.8, 4) is 11.5 Å². The van der Waals surface area contributed by atoms with Gasteiger partial charge >= 0.3 is 0 Å². The number of benzene rings is 2. The van der Waals surface area contributed by atoms with E-state index < -0.39 is 17.6 Å². The maximum absolute atomic E-state index is 14.2. The van der Waals surface area contributed by atoms with Crippen LogP contribution in [0.25, 0.3) is 0 Å². The quantitative estimate of drug-likeness (QED) is 0.729. The minimum Gasteiger partial charge on any atom is -0.497 e. The zero-order valence-electron chi connectivity index (χ0n) is 17.7. The van der Waals surface area contributed by atoms with Gasteiger partial charge in [-0.05, 0) is 37.3 Å². The van der Waals surface area contributed by atoms with E-state index in [1.165, 1.54) is 12.1 Å². The van der Waals surface area contributed by atoms with E-state index >= 15 is 0 Å². The molecule has 7 heteroatoms. The van der Waals surface area contributed by atoms with Gasteiger partial charge in [-0.3, -0.25) is 9.59 Å². The van der Waals surface area contributed by atoms with Crippen LogP contribution in [0.15, 0.2) is 42.5 Å². The first-order chi connectivity index (χ1) is 14.4. The first kappa shape index (κ1) is 21.6. The Bertz CT molecular complexity index is 933. The highest BCUT2D eigenvalue weighted by Crippen LogP contribution is 2.40. The van der Waals surface area contributed by atoms with Gasteiger partial charge < -0.3 is 19.3 Å². The number of nitrogens with zero attached hydrogens (tertiary/aromatic N) is 2. The largest absolute Gasteiger partial charge is 0.497 e. The Morgan fingerprint density at radius 2 is 1.87 bits per heavy atom. The van der Waals surface area contributed by atoms with Gasteiger partial charge in [0, 0.05) is 38.2 Å². The van der Waals surface area contributed by atoms with Crippen LogP contribution in [0.4, 0.5) is 4.39 Å². The number of rotatable bonds is 6. The second kappa shape index (κ2) is 9.15. The minimum absolute atomic E-state index is 0.00537. The highest BCUT2D eigenvalue weighted by molar-refractivity contribution is 5.95. The number of carbonyl (C=O) groups is 2. The molecule has 0 spiro atoms. The predicted octanol–water partition coefficient (Wildman–Crippen LogP) is 3.18. The monoisotopic (exact) mass is 414 g/mol. The van der Waals surface area contributed by atoms with E-state index in [4.69, 9.17) is 9.47 Å². The third-order valence-corrected chi connectivity index (χ3v) is 5.72. The van der Waals surface area contributed by atoms with Gasteiger partial charge in [-0.1, -0.05) is 12.1 Å². The average molecular weight is 414 g/mol. The fraction of sp³-hybridized carbons (Fsp3) is 0.391. The maximum atomic E-state index is 14.2. The molecule has 0 aromatic heterocycles. The molecule has 2 atom stereocenters. The van der Waals surface area contributed by atoms with E-state index in [0.717, 1.165) is 5.56 Å². The molecule has 1 aliphatic heterocycles. The summed E-state index contributed by atoms with van der Waals surface area (Å²) in [5.74, 6) is -0.555. The molecule has 1 saturated heterocycles. The molecule has 0 N–H and O–H groups in total. The number of amides is 2. The number of hydrogen-bond acceptors (Lipinski definition) is 4. The normalized spacial score (nSPS) is 18.2. The van der Waals surface area contributed by atoms with E-state index in [9.17, 15) is 14.0 Å². The van der Waals surface area contributed by atoms with Gasteiger partial charge in [-0.25, -0.2) is 4.39 Å². The lowest BCUT2D eigenvalue weighted by Crippen LogP contribution is -2.37. The summed E-state index contributed by atoms with van der Waals surface area (Å²) >= 11 is 0. The van der Waals surface area contributed by atoms with Crippen LogP contribution in [0.3, 0.4) is 0 Å². The molecule has 0 saturated carbocycles. The molecule has 3 rings (SSSR count). The number of likely N-dealkylation sites (tertiary alicyclic amines) is 1. The summed E-state index contributed by atoms with van der Waals surface area (Å²) in [6, 6.07) is 11.3. The molecular formula is C23H27FN2O4. The van der Waals surface area contributed by atoms with Crippen LogP contribution in [0, 0.1) is 11.7 Å². The number of carbonyl (C=O) groups excluding carboxylic acids is 2. The summed E-state index contributed by atoms with van der Waals surface area (Å²) in [6.45, 7) is 2.95. The Morgan fingerprint density at radius 1 is 1.13 bits per heavy atom. The Labute approximate surface area is 176 Å². The van der Waals surface area contributed by atoms with Crippen LogP contribution in [0.2, 0.25) is 0 Å². The SMILES string of the molecule is CCN(C)C(=O)C1CN(C(=O)c2ccccc2F)CC1c1cc(OC)ccc1OC. The molecule has 0 bridgehead atoms. The second-order valence-electron chi connectivity index (χ2n) is 7.36. The summed E-state index contributed by atoms with van der Waals surface area (Å²) in [5, 5.41) is 0. The van der Waals surface area contributed by atoms with Gasteiger partial charge in [-0.15, -0.1) is 0 Å². The average Bonchev–Trinajstić information content (AvgIpc) is 3.22. The minimum atomic E-state index is -0.571. The van der Waals surface area contributed by atoms with Crippen molar-refractivity contribution in [2.45, 2.75) is 12.8 Å². The molecular weight excluding hydrogens is 387 g/mol. The maximum Gasteiger partial charge on any atom is 0.256 e. The smallest absolute Gasteiger partial charge is 0.256 e. The Balaban J connectivity index is 2.00. The van der Waals surface area contributed by atoms with E-state index in [1.54, 1.807) is 55.3 Å². The van der Waals surface area contributed by atoms with Crippen LogP contribution in [0.5, 0.6) is 11.5 Å². The number of ether oxygens (including phenoxy) is 2. The van der Waals surface area contributed by atoms with Crippen molar-refractivity contribution in [1.29, 1.82) is 0 Å². The summed E-state index contributed by atoms with van der Waals surface area (Å²) in [4.78, 5) is 29.4. The zero-order chi connectivity index (χ0) is 21.8. The Morgan fingerprint density at radius 3 is 2.50 bits per heavy atom. The van der Waals surface area contributed by atoms with E-state index in [2.05, 4.69) is 0 Å². The topological polar surface area (TPSA) is 59.1 Å². The van der Waals surface area contributed by atoms with Crippen LogP contribution < -0.4 is 9.47 Å². The van der Waals surface area contributed by atoms with Crippen molar-refractivity contribution in [2.24, 2.45) is 5.92 Å². The van der Waals surface area contributed by atoms with Gasteiger partial charge in [0.25, 0.3) is 5.91 Å². The summed E-state index contributed by atoms with van der Waals surface area (Å²) < 4.78 is 25.1. The standard InChI is InChI=1S/C23H27FN2O4/c1-5-25(2)22(27)19-14-26(23(28)16-8-6-7-9-20(16)24)13-18(19)17-12-15(29-3)10-11-21(17)30-4/h6-12,18-19H,5,13-14H2,1-4H3. The van der Waals surface area contributed by atoms with Crippen molar-refractivity contribution in [2.75, 3.05) is 40.9 Å². The van der Waals surface area contributed by atoms with Crippen molar-refractivity contribution in [1.82, 2.24) is 9.80 Å². The predicted molar refractivity (Wildman–Crippen MR) is 111 cm³/mol. The molecule has 2 amide bonds. The Kier molecular flexibility index (Phi) is 6.59. The van der Waals surface area contributed by atoms with E-state index in [-0.39, 0.29) is 30.5 Å². The summed E-state index contributed by atoms with van der Waals surface area (Å²) in [7, 11) is 4.88. The lowest BCUT2D eigenvalue weighted by molar-refractivity contribution is -0.133. The van der Waals surface area contributed by atoms with E-state index in [1.807, 2.05) is 13.0 Å². The zero-order valence-corrected chi connectivity index (χ0v) is 17.7. The van der Waals surface area contributed by atoms with Crippen LogP contribution >= 0.6 is 0 Å².